The standard InChI is InChI=1S/C13H19ClN2/c14-12-6-4-11(5-7-12)13(10-15)16-8-2-1-3-9-16/h4-7,13H,1-3,8-10,15H2/t13-/m1/s1. The summed E-state index contributed by atoms with van der Waals surface area (Å²) in [6, 6.07) is 8.44. The van der Waals surface area contributed by atoms with E-state index in [0.717, 1.165) is 5.02 Å². The number of nitrogens with two attached hydrogens (primary N) is 1. The van der Waals surface area contributed by atoms with Crippen molar-refractivity contribution >= 4 is 11.6 Å². The van der Waals surface area contributed by atoms with Gasteiger partial charge in [0.05, 0.1) is 0 Å². The average Bonchev–Trinajstić information content (AvgIpc) is 2.34. The molecule has 0 unspecified atom stereocenters. The van der Waals surface area contributed by atoms with E-state index in [2.05, 4.69) is 17.0 Å². The van der Waals surface area contributed by atoms with Gasteiger partial charge in [-0.3, -0.25) is 4.90 Å². The third-order valence-corrected chi connectivity index (χ3v) is 3.56. The molecule has 0 aliphatic carbocycles. The van der Waals surface area contributed by atoms with Crippen molar-refractivity contribution in [1.82, 2.24) is 4.90 Å². The summed E-state index contributed by atoms with van der Waals surface area (Å²) in [5.41, 5.74) is 7.18. The molecule has 1 aromatic rings. The summed E-state index contributed by atoms with van der Waals surface area (Å²) >= 11 is 5.90. The maximum absolute atomic E-state index is 5.90. The second kappa shape index (κ2) is 5.67. The van der Waals surface area contributed by atoms with E-state index in [9.17, 15) is 0 Å². The summed E-state index contributed by atoms with van der Waals surface area (Å²) in [5.74, 6) is 0. The Balaban J connectivity index is 2.11. The van der Waals surface area contributed by atoms with Crippen molar-refractivity contribution in [2.45, 2.75) is 25.3 Å². The van der Waals surface area contributed by atoms with Gasteiger partial charge in [-0.1, -0.05) is 30.2 Å². The first-order valence-electron chi connectivity index (χ1n) is 6.01. The maximum Gasteiger partial charge on any atom is 0.0470 e. The van der Waals surface area contributed by atoms with Gasteiger partial charge in [0.2, 0.25) is 0 Å². The molecular weight excluding hydrogens is 220 g/mol. The molecule has 3 heteroatoms. The number of nitrogens with zero attached hydrogens (tertiary/aromatic N) is 1. The number of rotatable bonds is 3. The van der Waals surface area contributed by atoms with Gasteiger partial charge in [-0.05, 0) is 43.6 Å². The van der Waals surface area contributed by atoms with E-state index in [1.54, 1.807) is 0 Å². The quantitative estimate of drug-likeness (QED) is 0.878. The minimum atomic E-state index is 0.359. The molecule has 0 amide bonds. The van der Waals surface area contributed by atoms with Gasteiger partial charge in [-0.25, -0.2) is 0 Å². The van der Waals surface area contributed by atoms with E-state index < -0.39 is 0 Å². The zero-order chi connectivity index (χ0) is 11.4. The van der Waals surface area contributed by atoms with E-state index in [0.29, 0.717) is 12.6 Å². The first-order chi connectivity index (χ1) is 7.81. The van der Waals surface area contributed by atoms with Gasteiger partial charge in [0.25, 0.3) is 0 Å². The number of benzene rings is 1. The van der Waals surface area contributed by atoms with Crippen LogP contribution >= 0.6 is 11.6 Å². The molecule has 0 radical (unpaired) electrons. The Morgan fingerprint density at radius 3 is 2.31 bits per heavy atom. The summed E-state index contributed by atoms with van der Waals surface area (Å²) in [6.45, 7) is 3.02. The summed E-state index contributed by atoms with van der Waals surface area (Å²) in [6.07, 6.45) is 3.95. The fraction of sp³-hybridized carbons (Fsp3) is 0.538. The van der Waals surface area contributed by atoms with Crippen LogP contribution in [0, 0.1) is 0 Å². The minimum absolute atomic E-state index is 0.359. The molecular formula is C13H19ClN2. The smallest absolute Gasteiger partial charge is 0.0470 e. The summed E-state index contributed by atoms with van der Waals surface area (Å²) in [5, 5.41) is 0.790. The SMILES string of the molecule is NC[C@H](c1ccc(Cl)cc1)N1CCCCC1. The molecule has 2 N–H and O–H groups in total. The number of piperidine rings is 1. The first-order valence-corrected chi connectivity index (χ1v) is 6.38. The van der Waals surface area contributed by atoms with E-state index in [4.69, 9.17) is 17.3 Å². The van der Waals surface area contributed by atoms with Crippen LogP contribution in [0.4, 0.5) is 0 Å². The van der Waals surface area contributed by atoms with Crippen molar-refractivity contribution in [1.29, 1.82) is 0 Å². The Morgan fingerprint density at radius 2 is 1.75 bits per heavy atom. The molecule has 1 heterocycles. The van der Waals surface area contributed by atoms with Crippen molar-refractivity contribution in [2.75, 3.05) is 19.6 Å². The average molecular weight is 239 g/mol. The van der Waals surface area contributed by atoms with Crippen molar-refractivity contribution in [3.05, 3.63) is 34.9 Å². The molecule has 0 bridgehead atoms. The maximum atomic E-state index is 5.90. The zero-order valence-corrected chi connectivity index (χ0v) is 10.3. The van der Waals surface area contributed by atoms with Gasteiger partial charge in [-0.15, -0.1) is 0 Å². The highest BCUT2D eigenvalue weighted by atomic mass is 35.5. The first kappa shape index (κ1) is 11.9. The van der Waals surface area contributed by atoms with Crippen LogP contribution in [-0.2, 0) is 0 Å². The molecule has 1 saturated heterocycles. The number of likely N-dealkylation sites (tertiary alicyclic amines) is 1. The highest BCUT2D eigenvalue weighted by Crippen LogP contribution is 2.24. The van der Waals surface area contributed by atoms with Crippen LogP contribution in [0.3, 0.4) is 0 Å². The molecule has 0 saturated carbocycles. The monoisotopic (exact) mass is 238 g/mol. The molecule has 1 aliphatic heterocycles. The van der Waals surface area contributed by atoms with Crippen LogP contribution in [0.15, 0.2) is 24.3 Å². The normalized spacial score (nSPS) is 19.6. The van der Waals surface area contributed by atoms with E-state index >= 15 is 0 Å². The van der Waals surface area contributed by atoms with Gasteiger partial charge < -0.3 is 5.73 Å². The fourth-order valence-electron chi connectivity index (χ4n) is 2.41. The van der Waals surface area contributed by atoms with Crippen LogP contribution in [0.2, 0.25) is 5.02 Å². The number of hydrogen-bond donors (Lipinski definition) is 1. The Morgan fingerprint density at radius 1 is 1.12 bits per heavy atom. The Kier molecular flexibility index (Phi) is 4.22. The van der Waals surface area contributed by atoms with Gasteiger partial charge in [0.1, 0.15) is 0 Å². The lowest BCUT2D eigenvalue weighted by molar-refractivity contribution is 0.167. The summed E-state index contributed by atoms with van der Waals surface area (Å²) in [4.78, 5) is 2.49. The Labute approximate surface area is 102 Å². The number of halogens is 1. The fourth-order valence-corrected chi connectivity index (χ4v) is 2.54. The topological polar surface area (TPSA) is 29.3 Å². The van der Waals surface area contributed by atoms with Crippen molar-refractivity contribution in [2.24, 2.45) is 5.73 Å². The second-order valence-electron chi connectivity index (χ2n) is 4.40. The Hall–Kier alpha value is -0.570. The largest absolute Gasteiger partial charge is 0.329 e. The lowest BCUT2D eigenvalue weighted by atomic mass is 10.0. The summed E-state index contributed by atoms with van der Waals surface area (Å²) in [7, 11) is 0. The molecule has 1 aliphatic rings. The highest BCUT2D eigenvalue weighted by Gasteiger charge is 2.20. The van der Waals surface area contributed by atoms with Gasteiger partial charge >= 0.3 is 0 Å². The van der Waals surface area contributed by atoms with Crippen molar-refractivity contribution in [3.63, 3.8) is 0 Å². The molecule has 1 fully saturated rings. The second-order valence-corrected chi connectivity index (χ2v) is 4.84. The van der Waals surface area contributed by atoms with Crippen LogP contribution in [0.5, 0.6) is 0 Å². The predicted molar refractivity (Wildman–Crippen MR) is 68.7 cm³/mol. The Bertz CT molecular complexity index is 317. The lowest BCUT2D eigenvalue weighted by Gasteiger charge is -2.34. The molecule has 0 aromatic heterocycles. The molecule has 0 spiro atoms. The molecule has 2 rings (SSSR count). The molecule has 1 aromatic carbocycles. The highest BCUT2D eigenvalue weighted by molar-refractivity contribution is 6.30. The summed E-state index contributed by atoms with van der Waals surface area (Å²) < 4.78 is 0. The van der Waals surface area contributed by atoms with E-state index in [1.807, 2.05) is 12.1 Å². The van der Waals surface area contributed by atoms with Gasteiger partial charge in [0, 0.05) is 17.6 Å². The third-order valence-electron chi connectivity index (χ3n) is 3.31. The molecule has 16 heavy (non-hydrogen) atoms. The van der Waals surface area contributed by atoms with Crippen LogP contribution in [0.1, 0.15) is 30.9 Å². The van der Waals surface area contributed by atoms with Crippen LogP contribution < -0.4 is 5.73 Å². The lowest BCUT2D eigenvalue weighted by Crippen LogP contribution is -2.37. The number of hydrogen-bond acceptors (Lipinski definition) is 2. The molecule has 2 nitrogen and oxygen atoms in total. The third kappa shape index (κ3) is 2.76. The molecule has 88 valence electrons. The van der Waals surface area contributed by atoms with Crippen molar-refractivity contribution in [3.8, 4) is 0 Å². The van der Waals surface area contributed by atoms with E-state index in [1.165, 1.54) is 37.9 Å². The molecule has 1 atom stereocenters. The van der Waals surface area contributed by atoms with Gasteiger partial charge in [-0.2, -0.15) is 0 Å². The van der Waals surface area contributed by atoms with E-state index in [-0.39, 0.29) is 0 Å². The zero-order valence-electron chi connectivity index (χ0n) is 9.53. The van der Waals surface area contributed by atoms with Crippen molar-refractivity contribution < 1.29 is 0 Å². The van der Waals surface area contributed by atoms with Crippen LogP contribution in [-0.4, -0.2) is 24.5 Å². The van der Waals surface area contributed by atoms with Gasteiger partial charge in [0.15, 0.2) is 0 Å². The predicted octanol–water partition coefficient (Wildman–Crippen LogP) is 2.83. The van der Waals surface area contributed by atoms with Crippen LogP contribution in [0.25, 0.3) is 0 Å². The minimum Gasteiger partial charge on any atom is -0.329 e.